The smallest absolute Gasteiger partial charge is 0.308 e. The summed E-state index contributed by atoms with van der Waals surface area (Å²) < 4.78 is 16.1. The van der Waals surface area contributed by atoms with Gasteiger partial charge in [-0.25, -0.2) is 15.0 Å². The third kappa shape index (κ3) is 4.77. The average molecular weight is 498 g/mol. The van der Waals surface area contributed by atoms with E-state index in [1.807, 2.05) is 23.7 Å². The number of hydrogen-bond donors (Lipinski definition) is 0. The highest BCUT2D eigenvalue weighted by molar-refractivity contribution is 7.09. The van der Waals surface area contributed by atoms with Crippen LogP contribution in [0.1, 0.15) is 42.6 Å². The number of fused-ring (bicyclic) bond motifs is 1. The second-order valence-electron chi connectivity index (χ2n) is 8.97. The molecular formula is C25H31N5O4S. The Balaban J connectivity index is 1.50. The van der Waals surface area contributed by atoms with E-state index in [0.717, 1.165) is 72.9 Å². The largest absolute Gasteiger partial charge is 0.493 e. The van der Waals surface area contributed by atoms with Crippen molar-refractivity contribution in [2.45, 2.75) is 38.3 Å². The van der Waals surface area contributed by atoms with Crippen molar-refractivity contribution >= 4 is 34.0 Å². The van der Waals surface area contributed by atoms with Gasteiger partial charge in [-0.05, 0) is 38.3 Å². The number of piperidine rings is 1. The number of carbonyl (C=O) groups excluding carboxylic acids is 1. The molecule has 2 aromatic heterocycles. The number of likely N-dealkylation sites (tertiary alicyclic amines) is 1. The van der Waals surface area contributed by atoms with Crippen LogP contribution in [0.3, 0.4) is 0 Å². The standard InChI is InChI=1S/C25H31N5O4S/c1-32-20-13-17-18(14-21(20)33-2)27-22(15-30-9-4-5-19(30)24-26-8-12-35-24)28-23(17)29-10-6-16(7-11-29)25(31)34-3/h8,12-14,16,19H,4-7,9-11,15H2,1-3H3/t19-/m0/s1. The number of hydrogen-bond acceptors (Lipinski definition) is 10. The first-order valence-corrected chi connectivity index (χ1v) is 12.9. The maximum atomic E-state index is 12.0. The number of carbonyl (C=O) groups is 1. The minimum Gasteiger partial charge on any atom is -0.493 e. The quantitative estimate of drug-likeness (QED) is 0.452. The lowest BCUT2D eigenvalue weighted by atomic mass is 9.97. The Morgan fingerprint density at radius 2 is 1.83 bits per heavy atom. The van der Waals surface area contributed by atoms with Gasteiger partial charge >= 0.3 is 5.97 Å². The molecule has 186 valence electrons. The van der Waals surface area contributed by atoms with Gasteiger partial charge in [-0.2, -0.15) is 0 Å². The molecule has 0 aliphatic carbocycles. The van der Waals surface area contributed by atoms with Crippen molar-refractivity contribution in [3.63, 3.8) is 0 Å². The van der Waals surface area contributed by atoms with Crippen LogP contribution in [-0.2, 0) is 16.1 Å². The molecule has 2 aliphatic heterocycles. The summed E-state index contributed by atoms with van der Waals surface area (Å²) in [5.41, 5.74) is 0.822. The van der Waals surface area contributed by atoms with Gasteiger partial charge in [0.05, 0.1) is 45.4 Å². The number of ether oxygens (including phenoxy) is 3. The summed E-state index contributed by atoms with van der Waals surface area (Å²) in [6.07, 6.45) is 5.58. The molecule has 10 heteroatoms. The van der Waals surface area contributed by atoms with Crippen LogP contribution in [0.2, 0.25) is 0 Å². The SMILES string of the molecule is COC(=O)C1CCN(c2nc(CN3CCC[C@H]3c3nccs3)nc3cc(OC)c(OC)cc23)CC1. The Labute approximate surface area is 209 Å². The molecule has 2 aliphatic rings. The molecule has 5 rings (SSSR count). The number of nitrogens with zero attached hydrogens (tertiary/aromatic N) is 5. The van der Waals surface area contributed by atoms with Gasteiger partial charge in [-0.3, -0.25) is 9.69 Å². The third-order valence-corrected chi connectivity index (χ3v) is 7.88. The Bertz CT molecular complexity index is 1180. The molecule has 0 bridgehead atoms. The highest BCUT2D eigenvalue weighted by Gasteiger charge is 2.30. The number of thiazole rings is 1. The first-order valence-electron chi connectivity index (χ1n) is 12.0. The van der Waals surface area contributed by atoms with Crippen LogP contribution in [0.15, 0.2) is 23.7 Å². The van der Waals surface area contributed by atoms with Crippen molar-refractivity contribution < 1.29 is 19.0 Å². The molecule has 0 unspecified atom stereocenters. The molecule has 1 atom stereocenters. The summed E-state index contributed by atoms with van der Waals surface area (Å²) in [4.78, 5) is 31.3. The van der Waals surface area contributed by atoms with Gasteiger partial charge in [0.15, 0.2) is 11.5 Å². The van der Waals surface area contributed by atoms with Gasteiger partial charge in [0.1, 0.15) is 16.6 Å². The summed E-state index contributed by atoms with van der Waals surface area (Å²) in [5.74, 6) is 2.73. The summed E-state index contributed by atoms with van der Waals surface area (Å²) in [5, 5.41) is 4.11. The van der Waals surface area contributed by atoms with Crippen LogP contribution in [0.25, 0.3) is 10.9 Å². The van der Waals surface area contributed by atoms with E-state index in [1.54, 1.807) is 25.6 Å². The Hall–Kier alpha value is -2.98. The van der Waals surface area contributed by atoms with E-state index in [4.69, 9.17) is 24.2 Å². The molecular weight excluding hydrogens is 466 g/mol. The maximum Gasteiger partial charge on any atom is 0.308 e. The number of esters is 1. The fourth-order valence-electron chi connectivity index (χ4n) is 5.17. The van der Waals surface area contributed by atoms with Crippen LogP contribution in [-0.4, -0.2) is 66.8 Å². The van der Waals surface area contributed by atoms with Gasteiger partial charge in [-0.1, -0.05) is 0 Å². The van der Waals surface area contributed by atoms with Crippen molar-refractivity contribution in [3.8, 4) is 11.5 Å². The highest BCUT2D eigenvalue weighted by Crippen LogP contribution is 2.38. The second kappa shape index (κ2) is 10.3. The number of aromatic nitrogens is 3. The molecule has 3 aromatic rings. The van der Waals surface area contributed by atoms with E-state index in [1.165, 1.54) is 7.11 Å². The molecule has 0 saturated carbocycles. The van der Waals surface area contributed by atoms with Crippen LogP contribution < -0.4 is 14.4 Å². The van der Waals surface area contributed by atoms with Crippen LogP contribution in [0.4, 0.5) is 5.82 Å². The van der Waals surface area contributed by atoms with Gasteiger partial charge in [-0.15, -0.1) is 11.3 Å². The highest BCUT2D eigenvalue weighted by atomic mass is 32.1. The lowest BCUT2D eigenvalue weighted by Gasteiger charge is -2.32. The fraction of sp³-hybridized carbons (Fsp3) is 0.520. The third-order valence-electron chi connectivity index (χ3n) is 7.00. The zero-order valence-corrected chi connectivity index (χ0v) is 21.2. The zero-order chi connectivity index (χ0) is 24.4. The van der Waals surface area contributed by atoms with Crippen molar-refractivity contribution in [1.82, 2.24) is 19.9 Å². The summed E-state index contributed by atoms with van der Waals surface area (Å²) in [6.45, 7) is 3.10. The monoisotopic (exact) mass is 497 g/mol. The predicted molar refractivity (Wildman–Crippen MR) is 134 cm³/mol. The van der Waals surface area contributed by atoms with Crippen molar-refractivity contribution in [3.05, 3.63) is 34.5 Å². The fourth-order valence-corrected chi connectivity index (χ4v) is 5.97. The van der Waals surface area contributed by atoms with Crippen LogP contribution in [0.5, 0.6) is 11.5 Å². The van der Waals surface area contributed by atoms with Gasteiger partial charge < -0.3 is 19.1 Å². The van der Waals surface area contributed by atoms with E-state index in [2.05, 4.69) is 14.8 Å². The van der Waals surface area contributed by atoms with Crippen molar-refractivity contribution in [1.29, 1.82) is 0 Å². The minimum atomic E-state index is -0.133. The predicted octanol–water partition coefficient (Wildman–Crippen LogP) is 3.83. The molecule has 2 fully saturated rings. The van der Waals surface area contributed by atoms with E-state index < -0.39 is 0 Å². The van der Waals surface area contributed by atoms with Gasteiger partial charge in [0.2, 0.25) is 0 Å². The number of anilines is 1. The van der Waals surface area contributed by atoms with Crippen molar-refractivity contribution in [2.24, 2.45) is 5.92 Å². The van der Waals surface area contributed by atoms with Gasteiger partial charge in [0, 0.05) is 36.1 Å². The normalized spacial score (nSPS) is 19.3. The van der Waals surface area contributed by atoms with E-state index in [0.29, 0.717) is 24.1 Å². The molecule has 4 heterocycles. The molecule has 9 nitrogen and oxygen atoms in total. The van der Waals surface area contributed by atoms with E-state index in [-0.39, 0.29) is 11.9 Å². The van der Waals surface area contributed by atoms with E-state index >= 15 is 0 Å². The lowest BCUT2D eigenvalue weighted by molar-refractivity contribution is -0.146. The summed E-state index contributed by atoms with van der Waals surface area (Å²) in [6, 6.07) is 4.18. The molecule has 0 radical (unpaired) electrons. The number of methoxy groups -OCH3 is 3. The molecule has 35 heavy (non-hydrogen) atoms. The minimum absolute atomic E-state index is 0.0675. The summed E-state index contributed by atoms with van der Waals surface area (Å²) >= 11 is 1.71. The lowest BCUT2D eigenvalue weighted by Crippen LogP contribution is -2.37. The number of rotatable bonds is 7. The average Bonchev–Trinajstić information content (AvgIpc) is 3.59. The van der Waals surface area contributed by atoms with Crippen LogP contribution >= 0.6 is 11.3 Å². The Morgan fingerprint density at radius 3 is 2.51 bits per heavy atom. The van der Waals surface area contributed by atoms with Gasteiger partial charge in [0.25, 0.3) is 0 Å². The first-order chi connectivity index (χ1) is 17.1. The molecule has 0 N–H and O–H groups in total. The Morgan fingerprint density at radius 1 is 1.06 bits per heavy atom. The molecule has 2 saturated heterocycles. The van der Waals surface area contributed by atoms with Crippen LogP contribution in [0, 0.1) is 5.92 Å². The summed E-state index contributed by atoms with van der Waals surface area (Å²) in [7, 11) is 4.72. The zero-order valence-electron chi connectivity index (χ0n) is 20.4. The maximum absolute atomic E-state index is 12.0. The molecule has 0 amide bonds. The topological polar surface area (TPSA) is 89.9 Å². The molecule has 1 aromatic carbocycles. The van der Waals surface area contributed by atoms with Crippen molar-refractivity contribution in [2.75, 3.05) is 45.9 Å². The molecule has 0 spiro atoms. The Kier molecular flexibility index (Phi) is 7.01. The number of benzene rings is 1. The van der Waals surface area contributed by atoms with E-state index in [9.17, 15) is 4.79 Å². The first kappa shape index (κ1) is 23.7. The second-order valence-corrected chi connectivity index (χ2v) is 9.90.